The predicted octanol–water partition coefficient (Wildman–Crippen LogP) is 6.24. The van der Waals surface area contributed by atoms with Crippen molar-refractivity contribution >= 4 is 0 Å². The molecule has 0 aliphatic heterocycles. The molecule has 0 aliphatic rings. The van der Waals surface area contributed by atoms with Crippen LogP contribution < -0.4 is 4.74 Å². The summed E-state index contributed by atoms with van der Waals surface area (Å²) in [5.74, 6) is 1.47. The molecule has 0 radical (unpaired) electrons. The number of hydrogen-bond donors (Lipinski definition) is 0. The van der Waals surface area contributed by atoms with Crippen molar-refractivity contribution in [3.05, 3.63) is 42.2 Å². The molecule has 2 aromatic rings. The third kappa shape index (κ3) is 8.83. The van der Waals surface area contributed by atoms with Gasteiger partial charge in [-0.05, 0) is 37.7 Å². The fourth-order valence-electron chi connectivity index (χ4n) is 2.96. The van der Waals surface area contributed by atoms with Crippen LogP contribution in [0.25, 0.3) is 11.4 Å². The number of benzene rings is 1. The molecular formula is C24H36N2O2. The lowest BCUT2D eigenvalue weighted by atomic mass is 10.0. The smallest absolute Gasteiger partial charge is 0.159 e. The van der Waals surface area contributed by atoms with Gasteiger partial charge < -0.3 is 9.47 Å². The van der Waals surface area contributed by atoms with E-state index in [9.17, 15) is 0 Å². The highest BCUT2D eigenvalue weighted by Crippen LogP contribution is 2.18. The molecule has 1 heterocycles. The van der Waals surface area contributed by atoms with Crippen LogP contribution in [0.5, 0.6) is 5.75 Å². The summed E-state index contributed by atoms with van der Waals surface area (Å²) in [6.07, 6.45) is 14.2. The first-order valence-electron chi connectivity index (χ1n) is 11.0. The van der Waals surface area contributed by atoms with Crippen molar-refractivity contribution in [1.82, 2.24) is 9.97 Å². The van der Waals surface area contributed by atoms with Crippen LogP contribution in [0.1, 0.15) is 70.8 Å². The zero-order valence-electron chi connectivity index (χ0n) is 17.7. The summed E-state index contributed by atoms with van der Waals surface area (Å²) in [6.45, 7) is 6.78. The van der Waals surface area contributed by atoms with Crippen LogP contribution in [0.15, 0.2) is 36.7 Å². The average Bonchev–Trinajstić information content (AvgIpc) is 2.74. The summed E-state index contributed by atoms with van der Waals surface area (Å²) in [6, 6.07) is 8.61. The molecule has 0 fully saturated rings. The Morgan fingerprint density at radius 1 is 0.714 bits per heavy atom. The van der Waals surface area contributed by atoms with Crippen LogP contribution in [0.3, 0.4) is 0 Å². The first-order valence-corrected chi connectivity index (χ1v) is 11.0. The second kappa shape index (κ2) is 14.1. The largest absolute Gasteiger partial charge is 0.490 e. The Kier molecular flexibility index (Phi) is 11.3. The minimum absolute atomic E-state index is 0.673. The molecule has 4 heteroatoms. The molecule has 2 rings (SSSR count). The predicted molar refractivity (Wildman–Crippen MR) is 116 cm³/mol. The van der Waals surface area contributed by atoms with Crippen LogP contribution in [0.2, 0.25) is 0 Å². The maximum atomic E-state index is 5.73. The molecule has 0 saturated carbocycles. The molecule has 4 nitrogen and oxygen atoms in total. The second-order valence-corrected chi connectivity index (χ2v) is 7.27. The van der Waals surface area contributed by atoms with E-state index in [4.69, 9.17) is 9.47 Å². The SMILES string of the molecule is CCCCCCc1ccc(-c2ncc(OCCCCOCCCC)cn2)cc1. The quantitative estimate of drug-likeness (QED) is 0.341. The minimum atomic E-state index is 0.673. The summed E-state index contributed by atoms with van der Waals surface area (Å²) >= 11 is 0. The molecule has 1 aromatic carbocycles. The van der Waals surface area contributed by atoms with Gasteiger partial charge in [0.2, 0.25) is 0 Å². The van der Waals surface area contributed by atoms with Gasteiger partial charge in [-0.3, -0.25) is 0 Å². The Bertz CT molecular complexity index is 626. The van der Waals surface area contributed by atoms with Gasteiger partial charge in [0.25, 0.3) is 0 Å². The summed E-state index contributed by atoms with van der Waals surface area (Å²) in [4.78, 5) is 8.91. The first kappa shape index (κ1) is 22.4. The number of aryl methyl sites for hydroxylation is 1. The summed E-state index contributed by atoms with van der Waals surface area (Å²) in [7, 11) is 0. The second-order valence-electron chi connectivity index (χ2n) is 7.27. The van der Waals surface area contributed by atoms with Gasteiger partial charge in [0.15, 0.2) is 11.6 Å². The van der Waals surface area contributed by atoms with Crippen molar-refractivity contribution in [3.63, 3.8) is 0 Å². The monoisotopic (exact) mass is 384 g/mol. The molecule has 154 valence electrons. The molecule has 0 N–H and O–H groups in total. The maximum absolute atomic E-state index is 5.73. The molecule has 0 amide bonds. The van der Waals surface area contributed by atoms with Crippen LogP contribution >= 0.6 is 0 Å². The number of hydrogen-bond acceptors (Lipinski definition) is 4. The third-order valence-electron chi connectivity index (χ3n) is 4.75. The van der Waals surface area contributed by atoms with Gasteiger partial charge in [-0.2, -0.15) is 0 Å². The number of ether oxygens (including phenoxy) is 2. The Labute approximate surface area is 170 Å². The molecule has 28 heavy (non-hydrogen) atoms. The van der Waals surface area contributed by atoms with Gasteiger partial charge in [0, 0.05) is 18.8 Å². The van der Waals surface area contributed by atoms with Gasteiger partial charge in [-0.15, -0.1) is 0 Å². The molecule has 0 bridgehead atoms. The van der Waals surface area contributed by atoms with E-state index in [2.05, 4.69) is 48.1 Å². The van der Waals surface area contributed by atoms with Crippen molar-refractivity contribution in [1.29, 1.82) is 0 Å². The van der Waals surface area contributed by atoms with Gasteiger partial charge in [-0.1, -0.05) is 63.8 Å². The number of rotatable bonds is 15. The highest BCUT2D eigenvalue weighted by molar-refractivity contribution is 5.55. The number of unbranched alkanes of at least 4 members (excludes halogenated alkanes) is 5. The van der Waals surface area contributed by atoms with E-state index in [1.165, 1.54) is 37.7 Å². The van der Waals surface area contributed by atoms with Crippen LogP contribution in [0.4, 0.5) is 0 Å². The molecule has 1 aromatic heterocycles. The van der Waals surface area contributed by atoms with Crippen molar-refractivity contribution in [3.8, 4) is 17.1 Å². The van der Waals surface area contributed by atoms with E-state index < -0.39 is 0 Å². The van der Waals surface area contributed by atoms with Gasteiger partial charge >= 0.3 is 0 Å². The highest BCUT2D eigenvalue weighted by atomic mass is 16.5. The zero-order chi connectivity index (χ0) is 19.9. The van der Waals surface area contributed by atoms with Crippen LogP contribution in [-0.2, 0) is 11.2 Å². The summed E-state index contributed by atoms with van der Waals surface area (Å²) in [5.41, 5.74) is 2.44. The third-order valence-corrected chi connectivity index (χ3v) is 4.75. The number of nitrogens with zero attached hydrogens (tertiary/aromatic N) is 2. The normalized spacial score (nSPS) is 10.9. The first-order chi connectivity index (χ1) is 13.8. The van der Waals surface area contributed by atoms with Crippen molar-refractivity contribution in [2.24, 2.45) is 0 Å². The highest BCUT2D eigenvalue weighted by Gasteiger charge is 2.03. The Morgan fingerprint density at radius 2 is 1.39 bits per heavy atom. The van der Waals surface area contributed by atoms with Crippen molar-refractivity contribution in [2.75, 3.05) is 19.8 Å². The molecule has 0 atom stereocenters. The fraction of sp³-hybridized carbons (Fsp3) is 0.583. The standard InChI is InChI=1S/C24H36N2O2/c1-3-5-7-8-11-21-12-14-22(15-13-21)24-25-19-23(20-26-24)28-18-10-9-17-27-16-6-4-2/h12-15,19-20H,3-11,16-18H2,1-2H3. The minimum Gasteiger partial charge on any atom is -0.490 e. The summed E-state index contributed by atoms with van der Waals surface area (Å²) < 4.78 is 11.3. The van der Waals surface area contributed by atoms with Gasteiger partial charge in [-0.25, -0.2) is 9.97 Å². The van der Waals surface area contributed by atoms with E-state index in [0.717, 1.165) is 56.0 Å². The number of aromatic nitrogens is 2. The van der Waals surface area contributed by atoms with Crippen LogP contribution in [0, 0.1) is 0 Å². The average molecular weight is 385 g/mol. The molecule has 0 saturated heterocycles. The van der Waals surface area contributed by atoms with Gasteiger partial charge in [0.05, 0.1) is 19.0 Å². The summed E-state index contributed by atoms with van der Waals surface area (Å²) in [5, 5.41) is 0. The Morgan fingerprint density at radius 3 is 2.11 bits per heavy atom. The molecule has 0 unspecified atom stereocenters. The van der Waals surface area contributed by atoms with E-state index in [1.54, 1.807) is 12.4 Å². The molecule has 0 aliphatic carbocycles. The lowest BCUT2D eigenvalue weighted by molar-refractivity contribution is 0.123. The topological polar surface area (TPSA) is 44.2 Å². The van der Waals surface area contributed by atoms with Crippen molar-refractivity contribution in [2.45, 2.75) is 71.6 Å². The molecule has 0 spiro atoms. The lowest BCUT2D eigenvalue weighted by Crippen LogP contribution is -2.02. The van der Waals surface area contributed by atoms with Crippen molar-refractivity contribution < 1.29 is 9.47 Å². The lowest BCUT2D eigenvalue weighted by Gasteiger charge is -2.07. The van der Waals surface area contributed by atoms with E-state index in [-0.39, 0.29) is 0 Å². The zero-order valence-corrected chi connectivity index (χ0v) is 17.7. The Hall–Kier alpha value is -1.94. The van der Waals surface area contributed by atoms with E-state index in [1.807, 2.05) is 0 Å². The molecular weight excluding hydrogens is 348 g/mol. The van der Waals surface area contributed by atoms with Gasteiger partial charge in [0.1, 0.15) is 0 Å². The van der Waals surface area contributed by atoms with E-state index >= 15 is 0 Å². The maximum Gasteiger partial charge on any atom is 0.159 e. The van der Waals surface area contributed by atoms with E-state index in [0.29, 0.717) is 6.61 Å². The van der Waals surface area contributed by atoms with Crippen LogP contribution in [-0.4, -0.2) is 29.8 Å². The Balaban J connectivity index is 1.68. The fourth-order valence-corrected chi connectivity index (χ4v) is 2.96.